The van der Waals surface area contributed by atoms with Gasteiger partial charge in [0.15, 0.2) is 5.78 Å². The fourth-order valence-corrected chi connectivity index (χ4v) is 1.60. The van der Waals surface area contributed by atoms with Crippen LogP contribution in [0.3, 0.4) is 0 Å². The van der Waals surface area contributed by atoms with Gasteiger partial charge in [-0.1, -0.05) is 0 Å². The lowest BCUT2D eigenvalue weighted by molar-refractivity contribution is -0.129. The first-order chi connectivity index (χ1) is 8.75. The van der Waals surface area contributed by atoms with Crippen molar-refractivity contribution in [3.63, 3.8) is 0 Å². The third kappa shape index (κ3) is 7.74. The molecule has 0 fully saturated rings. The van der Waals surface area contributed by atoms with Crippen molar-refractivity contribution in [2.24, 2.45) is 0 Å². The molecule has 0 saturated carbocycles. The summed E-state index contributed by atoms with van der Waals surface area (Å²) in [6.07, 6.45) is -0.913. The van der Waals surface area contributed by atoms with Crippen molar-refractivity contribution < 1.29 is 24.9 Å². The molecule has 3 N–H and O–H groups in total. The monoisotopic (exact) mass is 272 g/mol. The van der Waals surface area contributed by atoms with E-state index >= 15 is 0 Å². The topological polar surface area (TPSA) is 94.8 Å². The van der Waals surface area contributed by atoms with Crippen LogP contribution in [0.2, 0.25) is 0 Å². The maximum atomic E-state index is 11.4. The fourth-order valence-electron chi connectivity index (χ4n) is 1.60. The van der Waals surface area contributed by atoms with E-state index in [2.05, 4.69) is 0 Å². The molecule has 0 aromatic rings. The molecule has 0 rings (SSSR count). The highest BCUT2D eigenvalue weighted by molar-refractivity contribution is 5.87. The molecule has 110 valence electrons. The van der Waals surface area contributed by atoms with Crippen LogP contribution in [0.15, 0.2) is 11.3 Å². The van der Waals surface area contributed by atoms with E-state index in [1.165, 1.54) is 6.92 Å². The van der Waals surface area contributed by atoms with Crippen LogP contribution in [-0.2, 0) is 9.59 Å². The highest BCUT2D eigenvalue weighted by Crippen LogP contribution is 2.13. The highest BCUT2D eigenvalue weighted by Gasteiger charge is 2.17. The predicted molar refractivity (Wildman–Crippen MR) is 71.8 cm³/mol. The summed E-state index contributed by atoms with van der Waals surface area (Å²) < 4.78 is 0. The minimum Gasteiger partial charge on any atom is -0.510 e. The van der Waals surface area contributed by atoms with Crippen molar-refractivity contribution in [1.82, 2.24) is 0 Å². The van der Waals surface area contributed by atoms with Crippen LogP contribution in [0, 0.1) is 0 Å². The third-order valence-corrected chi connectivity index (χ3v) is 2.88. The largest absolute Gasteiger partial charge is 0.510 e. The Balaban J connectivity index is 3.97. The number of carbonyl (C=O) groups is 2. The average Bonchev–Trinajstić information content (AvgIpc) is 2.34. The van der Waals surface area contributed by atoms with Crippen LogP contribution in [0.25, 0.3) is 0 Å². The second-order valence-corrected chi connectivity index (χ2v) is 5.02. The molecule has 0 radical (unpaired) electrons. The summed E-state index contributed by atoms with van der Waals surface area (Å²) in [6.45, 7) is 4.79. The van der Waals surface area contributed by atoms with Gasteiger partial charge in [0.25, 0.3) is 0 Å². The molecule has 19 heavy (non-hydrogen) atoms. The molecule has 0 saturated heterocycles. The average molecular weight is 272 g/mol. The second-order valence-electron chi connectivity index (χ2n) is 5.02. The molecule has 2 atom stereocenters. The number of aliphatic hydroxyl groups excluding tert-OH is 3. The molecule has 0 aliphatic heterocycles. The molecule has 0 aliphatic carbocycles. The Labute approximate surface area is 113 Å². The van der Waals surface area contributed by atoms with Gasteiger partial charge in [0.05, 0.1) is 0 Å². The van der Waals surface area contributed by atoms with Crippen molar-refractivity contribution >= 4 is 11.6 Å². The van der Waals surface area contributed by atoms with E-state index in [-0.39, 0.29) is 43.0 Å². The second kappa shape index (κ2) is 8.82. The van der Waals surface area contributed by atoms with Gasteiger partial charge in [0, 0.05) is 12.8 Å². The maximum absolute atomic E-state index is 11.4. The summed E-state index contributed by atoms with van der Waals surface area (Å²) in [4.78, 5) is 22.2. The van der Waals surface area contributed by atoms with E-state index in [4.69, 9.17) is 0 Å². The highest BCUT2D eigenvalue weighted by atomic mass is 16.3. The van der Waals surface area contributed by atoms with Gasteiger partial charge in [-0.05, 0) is 45.6 Å². The number of hydrogen-bond donors (Lipinski definition) is 3. The Bertz CT molecular complexity index is 342. The van der Waals surface area contributed by atoms with Gasteiger partial charge >= 0.3 is 0 Å². The number of rotatable bonds is 9. The first kappa shape index (κ1) is 17.8. The zero-order chi connectivity index (χ0) is 15.0. The lowest BCUT2D eigenvalue weighted by Crippen LogP contribution is -2.21. The maximum Gasteiger partial charge on any atom is 0.161 e. The predicted octanol–water partition coefficient (Wildman–Crippen LogP) is 1.67. The molecule has 0 aromatic heterocycles. The van der Waals surface area contributed by atoms with Gasteiger partial charge < -0.3 is 20.1 Å². The first-order valence-electron chi connectivity index (χ1n) is 6.50. The number of carbonyl (C=O) groups excluding carboxylic acids is 2. The molecule has 2 unspecified atom stereocenters. The van der Waals surface area contributed by atoms with Gasteiger partial charge in [-0.25, -0.2) is 0 Å². The zero-order valence-electron chi connectivity index (χ0n) is 11.8. The van der Waals surface area contributed by atoms with E-state index in [1.54, 1.807) is 13.8 Å². The van der Waals surface area contributed by atoms with Crippen molar-refractivity contribution in [1.29, 1.82) is 0 Å². The van der Waals surface area contributed by atoms with Gasteiger partial charge in [-0.3, -0.25) is 4.79 Å². The third-order valence-electron chi connectivity index (χ3n) is 2.88. The van der Waals surface area contributed by atoms with Crippen LogP contribution < -0.4 is 0 Å². The van der Waals surface area contributed by atoms with Crippen molar-refractivity contribution in [2.75, 3.05) is 0 Å². The van der Waals surface area contributed by atoms with Crippen molar-refractivity contribution in [3.8, 4) is 0 Å². The smallest absolute Gasteiger partial charge is 0.161 e. The Morgan fingerprint density at radius 3 is 1.95 bits per heavy atom. The number of aliphatic hydroxyl groups is 3. The molecule has 5 nitrogen and oxygen atoms in total. The summed E-state index contributed by atoms with van der Waals surface area (Å²) in [5, 5.41) is 28.6. The van der Waals surface area contributed by atoms with Crippen LogP contribution in [0.5, 0.6) is 0 Å². The van der Waals surface area contributed by atoms with E-state index in [0.29, 0.717) is 12.0 Å². The van der Waals surface area contributed by atoms with Crippen LogP contribution in [-0.4, -0.2) is 39.1 Å². The Morgan fingerprint density at radius 2 is 1.47 bits per heavy atom. The SMILES string of the molecule is CC(=O)CCC(=O)C(O)CCCC(O)C(O)=C(C)C. The van der Waals surface area contributed by atoms with Gasteiger partial charge in [0.2, 0.25) is 0 Å². The molecule has 0 aliphatic rings. The molecule has 0 heterocycles. The minimum absolute atomic E-state index is 0.0538. The summed E-state index contributed by atoms with van der Waals surface area (Å²) in [7, 11) is 0. The van der Waals surface area contributed by atoms with Gasteiger partial charge in [0.1, 0.15) is 23.8 Å². The van der Waals surface area contributed by atoms with Gasteiger partial charge in [-0.2, -0.15) is 0 Å². The summed E-state index contributed by atoms with van der Waals surface area (Å²) in [5.41, 5.74) is 0.644. The molecule has 5 heteroatoms. The van der Waals surface area contributed by atoms with Gasteiger partial charge in [-0.15, -0.1) is 0 Å². The van der Waals surface area contributed by atoms with E-state index in [9.17, 15) is 24.9 Å². The molecular weight excluding hydrogens is 248 g/mol. The zero-order valence-corrected chi connectivity index (χ0v) is 11.8. The Hall–Kier alpha value is -1.20. The Kier molecular flexibility index (Phi) is 8.27. The van der Waals surface area contributed by atoms with E-state index < -0.39 is 12.2 Å². The normalized spacial score (nSPS) is 13.7. The van der Waals surface area contributed by atoms with E-state index in [0.717, 1.165) is 0 Å². The number of ketones is 2. The van der Waals surface area contributed by atoms with Crippen molar-refractivity contribution in [2.45, 2.75) is 65.1 Å². The minimum atomic E-state index is -1.10. The van der Waals surface area contributed by atoms with E-state index in [1.807, 2.05) is 0 Å². The summed E-state index contributed by atoms with van der Waals surface area (Å²) in [5.74, 6) is -0.488. The number of hydrogen-bond acceptors (Lipinski definition) is 5. The van der Waals surface area contributed by atoms with Crippen LogP contribution in [0.4, 0.5) is 0 Å². The number of allylic oxidation sites excluding steroid dienone is 1. The molecule has 0 amide bonds. The standard InChI is InChI=1S/C14H24O5/c1-9(2)14(19)13(18)6-4-5-11(16)12(17)8-7-10(3)15/h11,13,16,18-19H,4-8H2,1-3H3. The number of Topliss-reactive ketones (excluding diaryl/α,β-unsaturated/α-hetero) is 2. The van der Waals surface area contributed by atoms with Crippen LogP contribution in [0.1, 0.15) is 52.9 Å². The fraction of sp³-hybridized carbons (Fsp3) is 0.714. The Morgan fingerprint density at radius 1 is 0.947 bits per heavy atom. The van der Waals surface area contributed by atoms with Crippen molar-refractivity contribution in [3.05, 3.63) is 11.3 Å². The first-order valence-corrected chi connectivity index (χ1v) is 6.50. The lowest BCUT2D eigenvalue weighted by atomic mass is 10.0. The summed E-state index contributed by atoms with van der Waals surface area (Å²) in [6, 6.07) is 0. The quantitative estimate of drug-likeness (QED) is 0.555. The molecule has 0 spiro atoms. The van der Waals surface area contributed by atoms with Crippen LogP contribution >= 0.6 is 0 Å². The molecular formula is C14H24O5. The molecule has 0 aromatic carbocycles. The summed E-state index contributed by atoms with van der Waals surface area (Å²) >= 11 is 0. The molecule has 0 bridgehead atoms. The lowest BCUT2D eigenvalue weighted by Gasteiger charge is -2.13.